The standard InChI is InChI=1S/C16H11BF2N2O/c18-17(19)22-16(21-15-7-3-4-10-20-15)14-9-8-12-5-1-2-6-13(12)11-14/h1-11H/b21-16-. The third-order valence-corrected chi connectivity index (χ3v) is 3.06. The molecule has 0 atom stereocenters. The molecule has 3 nitrogen and oxygen atoms in total. The van der Waals surface area contributed by atoms with E-state index in [0.29, 0.717) is 11.4 Å². The average Bonchev–Trinajstić information content (AvgIpc) is 2.54. The van der Waals surface area contributed by atoms with Gasteiger partial charge in [0.05, 0.1) is 0 Å². The Morgan fingerprint density at radius 1 is 0.955 bits per heavy atom. The lowest BCUT2D eigenvalue weighted by Gasteiger charge is -2.08. The number of hydrogen-bond donors (Lipinski definition) is 0. The van der Waals surface area contributed by atoms with Gasteiger partial charge in [-0.2, -0.15) is 4.99 Å². The minimum absolute atomic E-state index is 0.153. The van der Waals surface area contributed by atoms with Crippen molar-refractivity contribution in [3.05, 3.63) is 72.4 Å². The maximum absolute atomic E-state index is 12.7. The van der Waals surface area contributed by atoms with Crippen molar-refractivity contribution in [2.45, 2.75) is 0 Å². The highest BCUT2D eigenvalue weighted by Crippen LogP contribution is 2.19. The van der Waals surface area contributed by atoms with Crippen LogP contribution in [0.1, 0.15) is 5.56 Å². The zero-order valence-corrected chi connectivity index (χ0v) is 11.5. The first kappa shape index (κ1) is 14.2. The van der Waals surface area contributed by atoms with Gasteiger partial charge in [0.15, 0.2) is 5.82 Å². The Bertz CT molecular complexity index is 809. The number of pyridine rings is 1. The largest absolute Gasteiger partial charge is 0.797 e. The maximum Gasteiger partial charge on any atom is 0.797 e. The molecule has 22 heavy (non-hydrogen) atoms. The first-order chi connectivity index (χ1) is 10.7. The first-order valence-corrected chi connectivity index (χ1v) is 6.66. The monoisotopic (exact) mass is 296 g/mol. The maximum atomic E-state index is 12.7. The lowest BCUT2D eigenvalue weighted by atomic mass is 10.1. The van der Waals surface area contributed by atoms with Crippen LogP contribution in [0.15, 0.2) is 71.9 Å². The van der Waals surface area contributed by atoms with Gasteiger partial charge in [-0.25, -0.2) is 13.6 Å². The van der Waals surface area contributed by atoms with Crippen molar-refractivity contribution in [1.29, 1.82) is 0 Å². The summed E-state index contributed by atoms with van der Waals surface area (Å²) in [5, 5.41) is 1.94. The second kappa shape index (κ2) is 6.34. The topological polar surface area (TPSA) is 34.5 Å². The molecule has 0 amide bonds. The zero-order valence-electron chi connectivity index (χ0n) is 11.5. The van der Waals surface area contributed by atoms with Gasteiger partial charge in [0, 0.05) is 11.8 Å². The van der Waals surface area contributed by atoms with Crippen molar-refractivity contribution in [1.82, 2.24) is 4.98 Å². The third kappa shape index (κ3) is 3.28. The molecule has 1 aromatic heterocycles. The molecule has 0 bridgehead atoms. The van der Waals surface area contributed by atoms with E-state index in [9.17, 15) is 8.63 Å². The highest BCUT2D eigenvalue weighted by Gasteiger charge is 2.21. The van der Waals surface area contributed by atoms with Gasteiger partial charge in [-0.05, 0) is 35.0 Å². The lowest BCUT2D eigenvalue weighted by molar-refractivity contribution is 0.420. The predicted molar refractivity (Wildman–Crippen MR) is 83.4 cm³/mol. The van der Waals surface area contributed by atoms with Crippen molar-refractivity contribution in [3.63, 3.8) is 0 Å². The van der Waals surface area contributed by atoms with Crippen LogP contribution in [0, 0.1) is 0 Å². The van der Waals surface area contributed by atoms with E-state index in [0.717, 1.165) is 10.8 Å². The molecule has 2 aromatic carbocycles. The van der Waals surface area contributed by atoms with E-state index in [1.807, 2.05) is 30.3 Å². The molecule has 0 fully saturated rings. The van der Waals surface area contributed by atoms with Crippen LogP contribution in [0.3, 0.4) is 0 Å². The van der Waals surface area contributed by atoms with E-state index in [1.165, 1.54) is 0 Å². The minimum Gasteiger partial charge on any atom is -0.490 e. The van der Waals surface area contributed by atoms with Crippen LogP contribution >= 0.6 is 0 Å². The van der Waals surface area contributed by atoms with Gasteiger partial charge in [0.1, 0.15) is 0 Å². The van der Waals surface area contributed by atoms with E-state index in [2.05, 4.69) is 14.6 Å². The highest BCUT2D eigenvalue weighted by atomic mass is 19.2. The fourth-order valence-electron chi connectivity index (χ4n) is 2.09. The number of aromatic nitrogens is 1. The molecule has 0 aliphatic carbocycles. The van der Waals surface area contributed by atoms with E-state index >= 15 is 0 Å². The van der Waals surface area contributed by atoms with E-state index in [-0.39, 0.29) is 5.90 Å². The fraction of sp³-hybridized carbons (Fsp3) is 0. The molecule has 3 aromatic rings. The molecule has 0 saturated carbocycles. The van der Waals surface area contributed by atoms with Crippen molar-refractivity contribution in [2.75, 3.05) is 0 Å². The van der Waals surface area contributed by atoms with Crippen molar-refractivity contribution < 1.29 is 13.3 Å². The average molecular weight is 296 g/mol. The van der Waals surface area contributed by atoms with Crippen LogP contribution in [0.25, 0.3) is 10.8 Å². The summed E-state index contributed by atoms with van der Waals surface area (Å²) in [5.41, 5.74) is 0.477. The van der Waals surface area contributed by atoms with E-state index in [1.54, 1.807) is 36.5 Å². The van der Waals surface area contributed by atoms with Gasteiger partial charge in [0.2, 0.25) is 5.90 Å². The predicted octanol–water partition coefficient (Wildman–Crippen LogP) is 4.25. The van der Waals surface area contributed by atoms with Crippen LogP contribution in [0.2, 0.25) is 0 Å². The summed E-state index contributed by atoms with van der Waals surface area (Å²) in [4.78, 5) is 8.08. The first-order valence-electron chi connectivity index (χ1n) is 6.66. The number of benzene rings is 2. The third-order valence-electron chi connectivity index (χ3n) is 3.06. The molecule has 0 unspecified atom stereocenters. The van der Waals surface area contributed by atoms with Crippen LogP contribution in [-0.4, -0.2) is 18.4 Å². The number of rotatable bonds is 3. The number of halogens is 2. The van der Waals surface area contributed by atoms with Crippen LogP contribution in [0.4, 0.5) is 14.4 Å². The Morgan fingerprint density at radius 2 is 1.73 bits per heavy atom. The Hall–Kier alpha value is -2.76. The normalized spacial score (nSPS) is 11.5. The van der Waals surface area contributed by atoms with Crippen molar-refractivity contribution in [3.8, 4) is 0 Å². The molecule has 3 rings (SSSR count). The lowest BCUT2D eigenvalue weighted by Crippen LogP contribution is -2.14. The fourth-order valence-corrected chi connectivity index (χ4v) is 2.09. The Labute approximate surface area is 126 Å². The molecule has 0 aliphatic heterocycles. The minimum atomic E-state index is -2.95. The Kier molecular flexibility index (Phi) is 4.09. The summed E-state index contributed by atoms with van der Waals surface area (Å²) < 4.78 is 29.9. The summed E-state index contributed by atoms with van der Waals surface area (Å²) >= 11 is 0. The number of aliphatic imine (C=N–C) groups is 1. The number of nitrogens with zero attached hydrogens (tertiary/aromatic N) is 2. The summed E-state index contributed by atoms with van der Waals surface area (Å²) in [6.45, 7) is 0. The Morgan fingerprint density at radius 3 is 2.45 bits per heavy atom. The molecule has 0 aliphatic rings. The molecular formula is C16H11BF2N2O. The van der Waals surface area contributed by atoms with Gasteiger partial charge < -0.3 is 4.65 Å². The summed E-state index contributed by atoms with van der Waals surface area (Å²) in [5.74, 6) is 0.158. The van der Waals surface area contributed by atoms with Crippen LogP contribution in [-0.2, 0) is 4.65 Å². The summed E-state index contributed by atoms with van der Waals surface area (Å²) in [6, 6.07) is 18.0. The Balaban J connectivity index is 2.05. The molecule has 1 heterocycles. The van der Waals surface area contributed by atoms with Crippen molar-refractivity contribution in [2.24, 2.45) is 4.99 Å². The SMILES string of the molecule is FB(F)O/C(=N\c1ccccn1)c1ccc2ccccc2c1. The van der Waals surface area contributed by atoms with Gasteiger partial charge in [-0.15, -0.1) is 0 Å². The van der Waals surface area contributed by atoms with Crippen LogP contribution < -0.4 is 0 Å². The van der Waals surface area contributed by atoms with E-state index < -0.39 is 7.47 Å². The molecular weight excluding hydrogens is 285 g/mol. The number of fused-ring (bicyclic) bond motifs is 1. The van der Waals surface area contributed by atoms with Gasteiger partial charge >= 0.3 is 7.47 Å². The van der Waals surface area contributed by atoms with Gasteiger partial charge in [-0.3, -0.25) is 0 Å². The second-order valence-corrected chi connectivity index (χ2v) is 4.55. The quantitative estimate of drug-likeness (QED) is 0.411. The second-order valence-electron chi connectivity index (χ2n) is 4.55. The molecule has 0 spiro atoms. The smallest absolute Gasteiger partial charge is 0.490 e. The summed E-state index contributed by atoms with van der Waals surface area (Å²) in [7, 11) is -2.95. The molecule has 0 saturated heterocycles. The molecule has 0 N–H and O–H groups in total. The van der Waals surface area contributed by atoms with Gasteiger partial charge in [-0.1, -0.05) is 36.4 Å². The van der Waals surface area contributed by atoms with Crippen molar-refractivity contribution >= 4 is 30.0 Å². The number of hydrogen-bond acceptors (Lipinski definition) is 3. The highest BCUT2D eigenvalue weighted by molar-refractivity contribution is 6.38. The van der Waals surface area contributed by atoms with Gasteiger partial charge in [0.25, 0.3) is 0 Å². The summed E-state index contributed by atoms with van der Waals surface area (Å²) in [6.07, 6.45) is 1.54. The molecule has 108 valence electrons. The zero-order chi connectivity index (χ0) is 15.4. The van der Waals surface area contributed by atoms with Crippen LogP contribution in [0.5, 0.6) is 0 Å². The van der Waals surface area contributed by atoms with E-state index in [4.69, 9.17) is 0 Å². The molecule has 0 radical (unpaired) electrons. The molecule has 6 heteroatoms.